The monoisotopic (exact) mass is 288 g/mol. The van der Waals surface area contributed by atoms with Gasteiger partial charge in [0.1, 0.15) is 0 Å². The lowest BCUT2D eigenvalue weighted by molar-refractivity contribution is -0.113. The minimum absolute atomic E-state index is 0.00841. The van der Waals surface area contributed by atoms with Crippen LogP contribution in [0.2, 0.25) is 0 Å². The van der Waals surface area contributed by atoms with Crippen molar-refractivity contribution in [2.45, 2.75) is 26.2 Å². The number of anilines is 1. The number of methoxy groups -OCH3 is 1. The predicted octanol–water partition coefficient (Wildman–Crippen LogP) is 2.76. The summed E-state index contributed by atoms with van der Waals surface area (Å²) in [5.74, 6) is 1.26. The number of nitrogens with zero attached hydrogens (tertiary/aromatic N) is 1. The van der Waals surface area contributed by atoms with Crippen molar-refractivity contribution in [1.29, 1.82) is 0 Å². The van der Waals surface area contributed by atoms with E-state index in [1.165, 1.54) is 11.3 Å². The van der Waals surface area contributed by atoms with E-state index in [0.717, 1.165) is 11.4 Å². The minimum Gasteiger partial charge on any atom is -0.384 e. The van der Waals surface area contributed by atoms with E-state index in [9.17, 15) is 4.79 Å². The van der Waals surface area contributed by atoms with Crippen LogP contribution in [-0.2, 0) is 14.9 Å². The summed E-state index contributed by atoms with van der Waals surface area (Å²) >= 11 is 3.03. The Morgan fingerprint density at radius 1 is 1.56 bits per heavy atom. The Hall–Kier alpha value is -0.590. The fourth-order valence-electron chi connectivity index (χ4n) is 1.14. The number of hydrogen-bond donors (Lipinski definition) is 1. The molecular formula is C12H20N2O2S2. The molecule has 0 saturated carbocycles. The summed E-state index contributed by atoms with van der Waals surface area (Å²) < 4.78 is 4.92. The maximum atomic E-state index is 11.6. The summed E-state index contributed by atoms with van der Waals surface area (Å²) in [6.45, 7) is 6.99. The van der Waals surface area contributed by atoms with Crippen molar-refractivity contribution in [2.24, 2.45) is 0 Å². The second-order valence-electron chi connectivity index (χ2n) is 4.88. The van der Waals surface area contributed by atoms with E-state index >= 15 is 0 Å². The first-order valence-electron chi connectivity index (χ1n) is 5.76. The molecule has 0 saturated heterocycles. The summed E-state index contributed by atoms with van der Waals surface area (Å²) in [7, 11) is 1.66. The van der Waals surface area contributed by atoms with Crippen LogP contribution in [0.4, 0.5) is 5.13 Å². The number of aromatic nitrogens is 1. The first-order valence-corrected chi connectivity index (χ1v) is 7.79. The zero-order valence-corrected chi connectivity index (χ0v) is 12.9. The number of carbonyl (C=O) groups is 1. The Kier molecular flexibility index (Phi) is 6.11. The van der Waals surface area contributed by atoms with Crippen LogP contribution >= 0.6 is 23.1 Å². The van der Waals surface area contributed by atoms with Crippen LogP contribution in [0.5, 0.6) is 0 Å². The number of nitrogens with one attached hydrogen (secondary N) is 1. The van der Waals surface area contributed by atoms with Gasteiger partial charge in [-0.15, -0.1) is 23.1 Å². The third kappa shape index (κ3) is 5.37. The molecule has 1 aromatic heterocycles. The summed E-state index contributed by atoms with van der Waals surface area (Å²) in [6, 6.07) is 0. The lowest BCUT2D eigenvalue weighted by Crippen LogP contribution is -2.16. The molecule has 0 unspecified atom stereocenters. The quantitative estimate of drug-likeness (QED) is 0.818. The van der Waals surface area contributed by atoms with Gasteiger partial charge in [0.25, 0.3) is 0 Å². The average molecular weight is 288 g/mol. The SMILES string of the molecule is COCCSCC(=O)Nc1nc(C(C)(C)C)cs1. The van der Waals surface area contributed by atoms with Crippen LogP contribution in [0.25, 0.3) is 0 Å². The smallest absolute Gasteiger partial charge is 0.236 e. The molecule has 1 N–H and O–H groups in total. The lowest BCUT2D eigenvalue weighted by atomic mass is 9.93. The Balaban J connectivity index is 2.38. The Bertz CT molecular complexity index is 386. The van der Waals surface area contributed by atoms with Crippen molar-refractivity contribution in [2.75, 3.05) is 30.5 Å². The third-order valence-corrected chi connectivity index (χ3v) is 3.86. The van der Waals surface area contributed by atoms with Crippen molar-refractivity contribution in [3.8, 4) is 0 Å². The van der Waals surface area contributed by atoms with Crippen LogP contribution in [0.15, 0.2) is 5.38 Å². The Labute approximate surface area is 117 Å². The molecule has 0 fully saturated rings. The molecular weight excluding hydrogens is 268 g/mol. The highest BCUT2D eigenvalue weighted by atomic mass is 32.2. The summed E-state index contributed by atoms with van der Waals surface area (Å²) in [6.07, 6.45) is 0. The van der Waals surface area contributed by atoms with Gasteiger partial charge in [-0.1, -0.05) is 20.8 Å². The lowest BCUT2D eigenvalue weighted by Gasteiger charge is -2.14. The maximum Gasteiger partial charge on any atom is 0.236 e. The molecule has 1 rings (SSSR count). The van der Waals surface area contributed by atoms with Crippen LogP contribution in [0.1, 0.15) is 26.5 Å². The molecule has 0 aliphatic heterocycles. The molecule has 0 aromatic carbocycles. The molecule has 1 heterocycles. The van der Waals surface area contributed by atoms with Gasteiger partial charge in [-0.25, -0.2) is 4.98 Å². The van der Waals surface area contributed by atoms with E-state index in [2.05, 4.69) is 31.1 Å². The normalized spacial score (nSPS) is 11.6. The Morgan fingerprint density at radius 3 is 2.83 bits per heavy atom. The fourth-order valence-corrected chi connectivity index (χ4v) is 2.78. The van der Waals surface area contributed by atoms with E-state index in [0.29, 0.717) is 17.5 Å². The highest BCUT2D eigenvalue weighted by Gasteiger charge is 2.17. The fraction of sp³-hybridized carbons (Fsp3) is 0.667. The summed E-state index contributed by atoms with van der Waals surface area (Å²) in [5, 5.41) is 5.49. The highest BCUT2D eigenvalue weighted by Crippen LogP contribution is 2.26. The number of carbonyl (C=O) groups excluding carboxylic acids is 1. The molecule has 1 aromatic rings. The molecule has 102 valence electrons. The number of ether oxygens (including phenoxy) is 1. The van der Waals surface area contributed by atoms with E-state index in [1.54, 1.807) is 18.9 Å². The molecule has 0 spiro atoms. The van der Waals surface area contributed by atoms with E-state index in [1.807, 2.05) is 5.38 Å². The van der Waals surface area contributed by atoms with Crippen molar-refractivity contribution in [3.05, 3.63) is 11.1 Å². The Morgan fingerprint density at radius 2 is 2.28 bits per heavy atom. The summed E-state index contributed by atoms with van der Waals surface area (Å²) in [5.41, 5.74) is 1.03. The number of rotatable bonds is 6. The zero-order valence-electron chi connectivity index (χ0n) is 11.3. The van der Waals surface area contributed by atoms with Gasteiger partial charge >= 0.3 is 0 Å². The van der Waals surface area contributed by atoms with E-state index in [-0.39, 0.29) is 11.3 Å². The van der Waals surface area contributed by atoms with Crippen LogP contribution in [0, 0.1) is 0 Å². The largest absolute Gasteiger partial charge is 0.384 e. The molecule has 18 heavy (non-hydrogen) atoms. The first kappa shape index (κ1) is 15.5. The zero-order chi connectivity index (χ0) is 13.6. The van der Waals surface area contributed by atoms with Crippen molar-refractivity contribution < 1.29 is 9.53 Å². The van der Waals surface area contributed by atoms with Gasteiger partial charge in [0.05, 0.1) is 18.1 Å². The molecule has 0 radical (unpaired) electrons. The van der Waals surface area contributed by atoms with Crippen LogP contribution < -0.4 is 5.32 Å². The van der Waals surface area contributed by atoms with Gasteiger partial charge in [0, 0.05) is 23.7 Å². The molecule has 0 aliphatic rings. The van der Waals surface area contributed by atoms with Gasteiger partial charge in [-0.2, -0.15) is 0 Å². The maximum absolute atomic E-state index is 11.6. The highest BCUT2D eigenvalue weighted by molar-refractivity contribution is 7.99. The van der Waals surface area contributed by atoms with Gasteiger partial charge in [-0.05, 0) is 0 Å². The molecule has 6 heteroatoms. The number of hydrogen-bond acceptors (Lipinski definition) is 5. The average Bonchev–Trinajstić information content (AvgIpc) is 2.72. The van der Waals surface area contributed by atoms with Crippen molar-refractivity contribution in [1.82, 2.24) is 4.98 Å². The van der Waals surface area contributed by atoms with Crippen LogP contribution in [0.3, 0.4) is 0 Å². The standard InChI is InChI=1S/C12H20N2O2S2/c1-12(2,3)9-7-18-11(13-9)14-10(15)8-17-6-5-16-4/h7H,5-6,8H2,1-4H3,(H,13,14,15). The van der Waals surface area contributed by atoms with Crippen molar-refractivity contribution in [3.63, 3.8) is 0 Å². The van der Waals surface area contributed by atoms with Gasteiger partial charge < -0.3 is 10.1 Å². The van der Waals surface area contributed by atoms with Gasteiger partial charge in [0.15, 0.2) is 5.13 Å². The van der Waals surface area contributed by atoms with E-state index in [4.69, 9.17) is 4.74 Å². The van der Waals surface area contributed by atoms with Gasteiger partial charge in [-0.3, -0.25) is 4.79 Å². The molecule has 0 aliphatic carbocycles. The van der Waals surface area contributed by atoms with Crippen molar-refractivity contribution >= 4 is 34.1 Å². The van der Waals surface area contributed by atoms with Gasteiger partial charge in [0.2, 0.25) is 5.91 Å². The third-order valence-electron chi connectivity index (χ3n) is 2.18. The van der Waals surface area contributed by atoms with Crippen LogP contribution in [-0.4, -0.2) is 36.1 Å². The second kappa shape index (κ2) is 7.11. The predicted molar refractivity (Wildman–Crippen MR) is 78.6 cm³/mol. The minimum atomic E-state index is -0.00841. The first-order chi connectivity index (χ1) is 8.43. The molecule has 4 nitrogen and oxygen atoms in total. The molecule has 0 atom stereocenters. The number of amides is 1. The molecule has 0 bridgehead atoms. The van der Waals surface area contributed by atoms with E-state index < -0.39 is 0 Å². The number of thioether (sulfide) groups is 1. The number of thiazole rings is 1. The molecule has 1 amide bonds. The second-order valence-corrected chi connectivity index (χ2v) is 6.84. The summed E-state index contributed by atoms with van der Waals surface area (Å²) in [4.78, 5) is 16.0. The topological polar surface area (TPSA) is 51.2 Å².